The lowest BCUT2D eigenvalue weighted by Crippen LogP contribution is -2.02. The van der Waals surface area contributed by atoms with Gasteiger partial charge in [-0.15, -0.1) is 0 Å². The first-order valence-electron chi connectivity index (χ1n) is 5.38. The molecule has 0 aliphatic heterocycles. The van der Waals surface area contributed by atoms with Crippen molar-refractivity contribution in [1.82, 2.24) is 15.0 Å². The third kappa shape index (κ3) is 2.76. The van der Waals surface area contributed by atoms with Crippen molar-refractivity contribution in [1.29, 1.82) is 0 Å². The van der Waals surface area contributed by atoms with Gasteiger partial charge in [0.2, 0.25) is 11.8 Å². The van der Waals surface area contributed by atoms with Crippen molar-refractivity contribution >= 4 is 27.6 Å². The highest BCUT2D eigenvalue weighted by molar-refractivity contribution is 9.10. The van der Waals surface area contributed by atoms with Gasteiger partial charge < -0.3 is 10.1 Å². The molecule has 0 bridgehead atoms. The number of ether oxygens (including phenoxy) is 1. The van der Waals surface area contributed by atoms with Crippen LogP contribution in [0.1, 0.15) is 11.4 Å². The fourth-order valence-electron chi connectivity index (χ4n) is 1.49. The number of hydrogen-bond donors (Lipinski definition) is 1. The molecule has 2 rings (SSSR count). The number of aromatic nitrogens is 3. The molecule has 2 aromatic rings. The van der Waals surface area contributed by atoms with E-state index >= 15 is 0 Å². The lowest BCUT2D eigenvalue weighted by Gasteiger charge is -2.09. The Hall–Kier alpha value is -1.69. The highest BCUT2D eigenvalue weighted by atomic mass is 79.9. The molecule has 0 unspecified atom stereocenters. The number of aryl methyl sites for hydroxylation is 2. The largest absolute Gasteiger partial charge is 0.480 e. The molecule has 18 heavy (non-hydrogen) atoms. The summed E-state index contributed by atoms with van der Waals surface area (Å²) in [5, 5.41) is 3.12. The van der Waals surface area contributed by atoms with Crippen molar-refractivity contribution in [2.24, 2.45) is 0 Å². The van der Waals surface area contributed by atoms with Crippen LogP contribution in [0, 0.1) is 13.8 Å². The number of nitrogens with one attached hydrogen (secondary N) is 1. The fraction of sp³-hybridized carbons (Fsp3) is 0.250. The van der Waals surface area contributed by atoms with Crippen LogP contribution in [0.15, 0.2) is 22.8 Å². The number of halogens is 1. The second kappa shape index (κ2) is 5.30. The predicted octanol–water partition coefficient (Wildman–Crippen LogP) is 3.00. The maximum absolute atomic E-state index is 5.12. The van der Waals surface area contributed by atoms with Crippen LogP contribution in [-0.2, 0) is 0 Å². The van der Waals surface area contributed by atoms with Crippen LogP contribution in [0.5, 0.6) is 5.88 Å². The average molecular weight is 309 g/mol. The summed E-state index contributed by atoms with van der Waals surface area (Å²) in [5.41, 5.74) is 2.76. The maximum atomic E-state index is 5.12. The van der Waals surface area contributed by atoms with Crippen LogP contribution in [0.3, 0.4) is 0 Å². The quantitative estimate of drug-likeness (QED) is 0.944. The number of methoxy groups -OCH3 is 1. The molecule has 94 valence electrons. The summed E-state index contributed by atoms with van der Waals surface area (Å²) >= 11 is 3.31. The molecule has 0 fully saturated rings. The van der Waals surface area contributed by atoms with E-state index in [0.717, 1.165) is 17.1 Å². The molecule has 5 nitrogen and oxygen atoms in total. The van der Waals surface area contributed by atoms with Gasteiger partial charge in [-0.05, 0) is 41.9 Å². The number of anilines is 2. The van der Waals surface area contributed by atoms with E-state index < -0.39 is 0 Å². The van der Waals surface area contributed by atoms with Gasteiger partial charge in [0.15, 0.2) is 0 Å². The minimum absolute atomic E-state index is 0.476. The average Bonchev–Trinajstić information content (AvgIpc) is 2.35. The van der Waals surface area contributed by atoms with Crippen molar-refractivity contribution in [2.75, 3.05) is 12.4 Å². The summed E-state index contributed by atoms with van der Waals surface area (Å²) in [7, 11) is 1.57. The second-order valence-corrected chi connectivity index (χ2v) is 4.62. The van der Waals surface area contributed by atoms with Gasteiger partial charge in [-0.1, -0.05) is 0 Å². The Morgan fingerprint density at radius 2 is 2.00 bits per heavy atom. The lowest BCUT2D eigenvalue weighted by molar-refractivity contribution is 0.394. The summed E-state index contributed by atoms with van der Waals surface area (Å²) in [6.45, 7) is 3.89. The summed E-state index contributed by atoms with van der Waals surface area (Å²) in [4.78, 5) is 12.8. The fourth-order valence-corrected chi connectivity index (χ4v) is 1.85. The molecular weight excluding hydrogens is 296 g/mol. The van der Waals surface area contributed by atoms with Crippen LogP contribution in [0.4, 0.5) is 11.6 Å². The van der Waals surface area contributed by atoms with Crippen molar-refractivity contribution in [2.45, 2.75) is 13.8 Å². The second-order valence-electron chi connectivity index (χ2n) is 3.76. The van der Waals surface area contributed by atoms with E-state index in [0.29, 0.717) is 16.3 Å². The molecule has 2 aromatic heterocycles. The molecule has 0 radical (unpaired) electrons. The van der Waals surface area contributed by atoms with Gasteiger partial charge in [0.05, 0.1) is 29.2 Å². The van der Waals surface area contributed by atoms with Gasteiger partial charge in [0.25, 0.3) is 0 Å². The van der Waals surface area contributed by atoms with Crippen LogP contribution in [0.2, 0.25) is 0 Å². The van der Waals surface area contributed by atoms with Gasteiger partial charge in [0, 0.05) is 5.69 Å². The molecule has 1 N–H and O–H groups in total. The molecule has 0 saturated heterocycles. The van der Waals surface area contributed by atoms with Gasteiger partial charge in [0.1, 0.15) is 0 Å². The molecule has 0 aliphatic carbocycles. The zero-order chi connectivity index (χ0) is 13.1. The Morgan fingerprint density at radius 1 is 1.22 bits per heavy atom. The van der Waals surface area contributed by atoms with Crippen LogP contribution in [0.25, 0.3) is 0 Å². The molecule has 0 amide bonds. The minimum Gasteiger partial charge on any atom is -0.480 e. The van der Waals surface area contributed by atoms with E-state index in [1.807, 2.05) is 26.0 Å². The van der Waals surface area contributed by atoms with Crippen LogP contribution < -0.4 is 10.1 Å². The Morgan fingerprint density at radius 3 is 2.67 bits per heavy atom. The van der Waals surface area contributed by atoms with Crippen molar-refractivity contribution in [3.63, 3.8) is 0 Å². The third-order valence-corrected chi connectivity index (χ3v) is 2.92. The summed E-state index contributed by atoms with van der Waals surface area (Å²) in [6, 6.07) is 3.89. The molecule has 2 heterocycles. The Kier molecular flexibility index (Phi) is 3.76. The third-order valence-electron chi connectivity index (χ3n) is 2.38. The van der Waals surface area contributed by atoms with E-state index in [9.17, 15) is 0 Å². The highest BCUT2D eigenvalue weighted by Gasteiger charge is 2.07. The Bertz CT molecular complexity index is 574. The number of nitrogens with zero attached hydrogens (tertiary/aromatic N) is 3. The molecule has 0 aromatic carbocycles. The first-order chi connectivity index (χ1) is 8.60. The molecule has 0 atom stereocenters. The van der Waals surface area contributed by atoms with E-state index in [4.69, 9.17) is 4.74 Å². The first kappa shape index (κ1) is 12.8. The molecular formula is C12H13BrN4O. The first-order valence-corrected chi connectivity index (χ1v) is 6.17. The van der Waals surface area contributed by atoms with E-state index in [2.05, 4.69) is 36.2 Å². The van der Waals surface area contributed by atoms with E-state index in [1.165, 1.54) is 0 Å². The standard InChI is InChI=1S/C12H13BrN4O/c1-7-4-5-10(8(2)15-7)16-12-14-6-9(13)11(17-12)18-3/h4-6H,1-3H3,(H,14,16,17). The highest BCUT2D eigenvalue weighted by Crippen LogP contribution is 2.24. The van der Waals surface area contributed by atoms with Gasteiger partial charge in [-0.3, -0.25) is 4.98 Å². The minimum atomic E-state index is 0.476. The van der Waals surface area contributed by atoms with E-state index in [1.54, 1.807) is 13.3 Å². The monoisotopic (exact) mass is 308 g/mol. The smallest absolute Gasteiger partial charge is 0.232 e. The van der Waals surface area contributed by atoms with Crippen molar-refractivity contribution in [3.05, 3.63) is 34.2 Å². The molecule has 0 aliphatic rings. The molecule has 0 saturated carbocycles. The normalized spacial score (nSPS) is 10.2. The Balaban J connectivity index is 2.28. The zero-order valence-corrected chi connectivity index (χ0v) is 11.9. The van der Waals surface area contributed by atoms with Crippen LogP contribution >= 0.6 is 15.9 Å². The number of rotatable bonds is 3. The van der Waals surface area contributed by atoms with Gasteiger partial charge in [-0.2, -0.15) is 4.98 Å². The summed E-state index contributed by atoms with van der Waals surface area (Å²) < 4.78 is 5.84. The topological polar surface area (TPSA) is 59.9 Å². The molecule has 0 spiro atoms. The predicted molar refractivity (Wildman–Crippen MR) is 73.3 cm³/mol. The van der Waals surface area contributed by atoms with Crippen molar-refractivity contribution < 1.29 is 4.74 Å². The maximum Gasteiger partial charge on any atom is 0.232 e. The van der Waals surface area contributed by atoms with Gasteiger partial charge >= 0.3 is 0 Å². The Labute approximate surface area is 114 Å². The number of hydrogen-bond acceptors (Lipinski definition) is 5. The van der Waals surface area contributed by atoms with Crippen molar-refractivity contribution in [3.8, 4) is 5.88 Å². The zero-order valence-electron chi connectivity index (χ0n) is 10.4. The SMILES string of the molecule is COc1nc(Nc2ccc(C)nc2C)ncc1Br. The number of pyridine rings is 1. The van der Waals surface area contributed by atoms with Crippen LogP contribution in [-0.4, -0.2) is 22.1 Å². The lowest BCUT2D eigenvalue weighted by atomic mass is 10.3. The van der Waals surface area contributed by atoms with E-state index in [-0.39, 0.29) is 0 Å². The summed E-state index contributed by atoms with van der Waals surface area (Å²) in [6.07, 6.45) is 1.64. The molecule has 6 heteroatoms. The van der Waals surface area contributed by atoms with Gasteiger partial charge in [-0.25, -0.2) is 4.98 Å². The summed E-state index contributed by atoms with van der Waals surface area (Å²) in [5.74, 6) is 0.967.